The van der Waals surface area contributed by atoms with Crippen LogP contribution in [0.15, 0.2) is 18.2 Å². The third-order valence-electron chi connectivity index (χ3n) is 6.28. The molecule has 2 aliphatic carbocycles. The number of hydrogen-bond donors (Lipinski definition) is 2. The molecule has 1 unspecified atom stereocenters. The highest BCUT2D eigenvalue weighted by Crippen LogP contribution is 2.48. The summed E-state index contributed by atoms with van der Waals surface area (Å²) in [5, 5.41) is 12.3. The summed E-state index contributed by atoms with van der Waals surface area (Å²) in [7, 11) is -1.01. The monoisotopic (exact) mass is 441 g/mol. The summed E-state index contributed by atoms with van der Waals surface area (Å²) in [6, 6.07) is 5.06. The lowest BCUT2D eigenvalue weighted by atomic mass is 9.62. The van der Waals surface area contributed by atoms with Gasteiger partial charge in [-0.15, -0.1) is 0 Å². The second-order valence-electron chi connectivity index (χ2n) is 8.45. The van der Waals surface area contributed by atoms with Crippen molar-refractivity contribution in [2.45, 2.75) is 51.4 Å². The number of carbonyl (C=O) groups excluding carboxylic acids is 1. The summed E-state index contributed by atoms with van der Waals surface area (Å²) in [5.41, 5.74) is 0.681. The number of aliphatic hydroxyl groups is 1. The minimum Gasteiger partial charge on any atom is -0.493 e. The second-order valence-corrected chi connectivity index (χ2v) is 10.6. The Morgan fingerprint density at radius 3 is 2.76 bits per heavy atom. The van der Waals surface area contributed by atoms with Crippen LogP contribution in [0.1, 0.15) is 61.7 Å². The Bertz CT molecular complexity index is 717. The Morgan fingerprint density at radius 2 is 2.03 bits per heavy atom. The molecule has 162 valence electrons. The number of rotatable bonds is 10. The molecule has 0 radical (unpaired) electrons. The highest BCUT2D eigenvalue weighted by Gasteiger charge is 2.39. The van der Waals surface area contributed by atoms with E-state index in [2.05, 4.69) is 5.32 Å². The predicted octanol–water partition coefficient (Wildman–Crippen LogP) is 3.94. The molecule has 1 amide bonds. The molecule has 2 N–H and O–H groups in total. The van der Waals surface area contributed by atoms with Gasteiger partial charge in [-0.05, 0) is 55.2 Å². The zero-order valence-electron chi connectivity index (χ0n) is 17.0. The Balaban J connectivity index is 1.53. The van der Waals surface area contributed by atoms with Gasteiger partial charge in [-0.2, -0.15) is 0 Å². The minimum atomic E-state index is -1.01. The van der Waals surface area contributed by atoms with Crippen molar-refractivity contribution in [2.24, 2.45) is 11.3 Å². The van der Waals surface area contributed by atoms with Crippen LogP contribution in [0.3, 0.4) is 0 Å². The molecule has 3 rings (SSSR count). The zero-order chi connectivity index (χ0) is 20.7. The van der Waals surface area contributed by atoms with Gasteiger partial charge < -0.3 is 15.2 Å². The van der Waals surface area contributed by atoms with Crippen LogP contribution in [-0.4, -0.2) is 46.5 Å². The molecule has 0 heterocycles. The van der Waals surface area contributed by atoms with Crippen LogP contribution in [0.25, 0.3) is 0 Å². The van der Waals surface area contributed by atoms with Gasteiger partial charge in [-0.3, -0.25) is 9.00 Å². The van der Waals surface area contributed by atoms with Gasteiger partial charge in [0.25, 0.3) is 5.91 Å². The minimum absolute atomic E-state index is 0.0458. The number of amides is 1. The molecular formula is C22H32ClNO4S. The van der Waals surface area contributed by atoms with E-state index < -0.39 is 10.8 Å². The molecule has 2 saturated carbocycles. The van der Waals surface area contributed by atoms with Crippen molar-refractivity contribution in [3.8, 4) is 5.75 Å². The SMILES string of the molecule is O=C(NCC12CCCC(CCC1)C2)c1cc(OCCS(=O)CCCO)ccc1Cl. The third kappa shape index (κ3) is 6.43. The molecule has 2 aliphatic rings. The van der Waals surface area contributed by atoms with Crippen LogP contribution in [0.5, 0.6) is 5.75 Å². The summed E-state index contributed by atoms with van der Waals surface area (Å²) in [6.45, 7) is 1.06. The van der Waals surface area contributed by atoms with Crippen molar-refractivity contribution >= 4 is 28.3 Å². The van der Waals surface area contributed by atoms with Gasteiger partial charge in [0.1, 0.15) is 5.75 Å². The summed E-state index contributed by atoms with van der Waals surface area (Å²) in [5.74, 6) is 2.09. The molecule has 0 aliphatic heterocycles. The maximum Gasteiger partial charge on any atom is 0.252 e. The number of halogens is 1. The topological polar surface area (TPSA) is 75.6 Å². The van der Waals surface area contributed by atoms with Gasteiger partial charge in [0, 0.05) is 29.7 Å². The fraction of sp³-hybridized carbons (Fsp3) is 0.682. The van der Waals surface area contributed by atoms with Gasteiger partial charge in [-0.1, -0.05) is 37.3 Å². The summed E-state index contributed by atoms with van der Waals surface area (Å²) in [4.78, 5) is 12.8. The number of ether oxygens (including phenoxy) is 1. The Kier molecular flexibility index (Phi) is 8.39. The lowest BCUT2D eigenvalue weighted by molar-refractivity contribution is 0.0681. The number of nitrogens with one attached hydrogen (secondary N) is 1. The van der Waals surface area contributed by atoms with Crippen molar-refractivity contribution in [1.29, 1.82) is 0 Å². The van der Waals surface area contributed by atoms with Gasteiger partial charge in [0.05, 0.1) is 22.9 Å². The van der Waals surface area contributed by atoms with Crippen LogP contribution in [0, 0.1) is 11.3 Å². The average Bonchev–Trinajstić information content (AvgIpc) is 2.72. The first-order valence-corrected chi connectivity index (χ1v) is 12.5. The van der Waals surface area contributed by atoms with Crippen molar-refractivity contribution in [3.63, 3.8) is 0 Å². The van der Waals surface area contributed by atoms with Crippen molar-refractivity contribution in [3.05, 3.63) is 28.8 Å². The van der Waals surface area contributed by atoms with Crippen LogP contribution in [0.4, 0.5) is 0 Å². The van der Waals surface area contributed by atoms with Crippen LogP contribution in [-0.2, 0) is 10.8 Å². The molecule has 1 aromatic carbocycles. The Hall–Kier alpha value is -1.11. The highest BCUT2D eigenvalue weighted by atomic mass is 35.5. The molecule has 7 heteroatoms. The third-order valence-corrected chi connectivity index (χ3v) is 7.97. The van der Waals surface area contributed by atoms with E-state index in [1.165, 1.54) is 44.9 Å². The standard InChI is InChI=1S/C22H32ClNO4S/c23-20-7-6-18(28-11-13-29(27)12-3-10-25)14-19(20)21(26)24-16-22-8-1-4-17(15-22)5-2-9-22/h6-7,14,17,25H,1-5,8-13,15-16H2,(H,24,26). The lowest BCUT2D eigenvalue weighted by Crippen LogP contribution is -2.43. The first kappa shape index (κ1) is 22.6. The fourth-order valence-corrected chi connectivity index (χ4v) is 5.91. The van der Waals surface area contributed by atoms with Crippen LogP contribution >= 0.6 is 11.6 Å². The molecule has 2 fully saturated rings. The highest BCUT2D eigenvalue weighted by molar-refractivity contribution is 7.84. The Labute approximate surface area is 181 Å². The maximum absolute atomic E-state index is 12.8. The van der Waals surface area contributed by atoms with Crippen molar-refractivity contribution < 1.29 is 18.8 Å². The van der Waals surface area contributed by atoms with Crippen molar-refractivity contribution in [1.82, 2.24) is 5.32 Å². The van der Waals surface area contributed by atoms with E-state index in [9.17, 15) is 9.00 Å². The molecule has 0 spiro atoms. The predicted molar refractivity (Wildman–Crippen MR) is 117 cm³/mol. The van der Waals surface area contributed by atoms with Gasteiger partial charge >= 0.3 is 0 Å². The number of aliphatic hydroxyl groups excluding tert-OH is 1. The number of carbonyl (C=O) groups is 1. The molecular weight excluding hydrogens is 410 g/mol. The summed E-state index contributed by atoms with van der Waals surface area (Å²) >= 11 is 6.27. The molecule has 1 atom stereocenters. The van der Waals surface area contributed by atoms with E-state index in [4.69, 9.17) is 21.4 Å². The van der Waals surface area contributed by atoms with E-state index in [-0.39, 0.29) is 17.9 Å². The van der Waals surface area contributed by atoms with E-state index in [0.717, 1.165) is 5.92 Å². The van der Waals surface area contributed by atoms with Gasteiger partial charge in [-0.25, -0.2) is 0 Å². The van der Waals surface area contributed by atoms with E-state index in [1.54, 1.807) is 18.2 Å². The quantitative estimate of drug-likeness (QED) is 0.576. The lowest BCUT2D eigenvalue weighted by Gasteiger charge is -2.45. The first-order valence-electron chi connectivity index (χ1n) is 10.7. The largest absolute Gasteiger partial charge is 0.493 e. The maximum atomic E-state index is 12.8. The average molecular weight is 442 g/mol. The summed E-state index contributed by atoms with van der Waals surface area (Å²) in [6.07, 6.45) is 9.38. The molecule has 0 saturated heterocycles. The molecule has 0 aromatic heterocycles. The van der Waals surface area contributed by atoms with Gasteiger partial charge in [0.2, 0.25) is 0 Å². The van der Waals surface area contributed by atoms with E-state index in [0.29, 0.717) is 47.4 Å². The first-order chi connectivity index (χ1) is 14.0. The van der Waals surface area contributed by atoms with E-state index in [1.807, 2.05) is 0 Å². The molecule has 1 aromatic rings. The van der Waals surface area contributed by atoms with Crippen LogP contribution in [0.2, 0.25) is 5.02 Å². The zero-order valence-corrected chi connectivity index (χ0v) is 18.5. The molecule has 2 bridgehead atoms. The summed E-state index contributed by atoms with van der Waals surface area (Å²) < 4.78 is 17.4. The normalized spacial score (nSPS) is 24.7. The number of benzene rings is 1. The van der Waals surface area contributed by atoms with Crippen LogP contribution < -0.4 is 10.1 Å². The Morgan fingerprint density at radius 1 is 1.28 bits per heavy atom. The van der Waals surface area contributed by atoms with Gasteiger partial charge in [0.15, 0.2) is 0 Å². The number of fused-ring (bicyclic) bond motifs is 2. The molecule has 5 nitrogen and oxygen atoms in total. The second kappa shape index (κ2) is 10.8. The fourth-order valence-electron chi connectivity index (χ4n) is 4.78. The smallest absolute Gasteiger partial charge is 0.252 e. The number of hydrogen-bond acceptors (Lipinski definition) is 4. The molecule has 29 heavy (non-hydrogen) atoms. The van der Waals surface area contributed by atoms with Crippen molar-refractivity contribution in [2.75, 3.05) is 31.3 Å². The van der Waals surface area contributed by atoms with E-state index >= 15 is 0 Å².